The minimum atomic E-state index is -0.556. The first kappa shape index (κ1) is 25.4. The van der Waals surface area contributed by atoms with E-state index in [0.717, 1.165) is 27.8 Å². The molecule has 0 bridgehead atoms. The summed E-state index contributed by atoms with van der Waals surface area (Å²) in [6, 6.07) is 19.7. The molecule has 4 rings (SSSR count). The van der Waals surface area contributed by atoms with Gasteiger partial charge in [-0.15, -0.1) is 0 Å². The first-order valence-electron chi connectivity index (χ1n) is 12.3. The second-order valence-corrected chi connectivity index (χ2v) is 10.4. The van der Waals surface area contributed by atoms with Gasteiger partial charge >= 0.3 is 0 Å². The summed E-state index contributed by atoms with van der Waals surface area (Å²) in [4.78, 5) is 27.6. The Labute approximate surface area is 212 Å². The van der Waals surface area contributed by atoms with Crippen LogP contribution in [0.4, 0.5) is 4.39 Å². The monoisotopic (exact) mass is 488 g/mol. The van der Waals surface area contributed by atoms with Gasteiger partial charge in [-0.05, 0) is 59.9 Å². The summed E-state index contributed by atoms with van der Waals surface area (Å²) in [5.41, 5.74) is 4.49. The van der Waals surface area contributed by atoms with Crippen LogP contribution in [0.25, 0.3) is 0 Å². The molecule has 1 atom stereocenters. The number of nitrogens with zero attached hydrogens (tertiary/aromatic N) is 1. The maximum atomic E-state index is 13.7. The van der Waals surface area contributed by atoms with E-state index in [4.69, 9.17) is 4.74 Å². The molecule has 0 spiro atoms. The van der Waals surface area contributed by atoms with Crippen LogP contribution >= 0.6 is 0 Å². The zero-order valence-corrected chi connectivity index (χ0v) is 21.3. The van der Waals surface area contributed by atoms with Crippen molar-refractivity contribution in [1.29, 1.82) is 0 Å². The third-order valence-corrected chi connectivity index (χ3v) is 6.38. The molecule has 6 heteroatoms. The minimum Gasteiger partial charge on any atom is -0.484 e. The number of nitrogens with one attached hydrogen (secondary N) is 1. The van der Waals surface area contributed by atoms with Crippen molar-refractivity contribution in [3.8, 4) is 5.75 Å². The van der Waals surface area contributed by atoms with Crippen molar-refractivity contribution in [1.82, 2.24) is 10.2 Å². The molecule has 3 aromatic carbocycles. The van der Waals surface area contributed by atoms with Gasteiger partial charge in [0.25, 0.3) is 5.91 Å². The van der Waals surface area contributed by atoms with Crippen LogP contribution in [-0.2, 0) is 22.6 Å². The zero-order valence-electron chi connectivity index (χ0n) is 21.3. The molecule has 5 nitrogen and oxygen atoms in total. The Bertz CT molecular complexity index is 1250. The molecule has 0 radical (unpaired) electrons. The second-order valence-electron chi connectivity index (χ2n) is 10.4. The van der Waals surface area contributed by atoms with Gasteiger partial charge in [0.15, 0.2) is 6.61 Å². The first-order valence-corrected chi connectivity index (χ1v) is 12.3. The molecule has 36 heavy (non-hydrogen) atoms. The molecule has 0 unspecified atom stereocenters. The summed E-state index contributed by atoms with van der Waals surface area (Å²) in [5.74, 6) is 0.0482. The highest BCUT2D eigenvalue weighted by molar-refractivity contribution is 5.83. The topological polar surface area (TPSA) is 58.6 Å². The van der Waals surface area contributed by atoms with Crippen molar-refractivity contribution in [2.75, 3.05) is 13.2 Å². The van der Waals surface area contributed by atoms with Crippen LogP contribution in [0.5, 0.6) is 5.75 Å². The highest BCUT2D eigenvalue weighted by Gasteiger charge is 2.37. The lowest BCUT2D eigenvalue weighted by molar-refractivity contribution is -0.141. The molecule has 1 heterocycles. The van der Waals surface area contributed by atoms with Crippen LogP contribution in [0, 0.1) is 18.2 Å². The third-order valence-electron chi connectivity index (χ3n) is 6.38. The van der Waals surface area contributed by atoms with E-state index in [1.165, 1.54) is 12.1 Å². The van der Waals surface area contributed by atoms with Crippen LogP contribution < -0.4 is 10.1 Å². The molecule has 0 fully saturated rings. The Morgan fingerprint density at radius 3 is 2.50 bits per heavy atom. The lowest BCUT2D eigenvalue weighted by atomic mass is 9.85. The molecular formula is C30H33FN2O3. The molecule has 1 aliphatic heterocycles. The lowest BCUT2D eigenvalue weighted by Gasteiger charge is -2.41. The molecule has 1 N–H and O–H groups in total. The molecule has 188 valence electrons. The molecule has 0 saturated heterocycles. The number of halogens is 1. The number of carbonyl (C=O) groups is 2. The molecule has 0 aliphatic carbocycles. The summed E-state index contributed by atoms with van der Waals surface area (Å²) < 4.78 is 19.5. The molecule has 3 aromatic rings. The van der Waals surface area contributed by atoms with E-state index in [9.17, 15) is 14.0 Å². The predicted octanol–water partition coefficient (Wildman–Crippen LogP) is 5.35. The molecule has 0 saturated carbocycles. The van der Waals surface area contributed by atoms with Gasteiger partial charge in [-0.25, -0.2) is 4.39 Å². The van der Waals surface area contributed by atoms with Crippen LogP contribution in [0.15, 0.2) is 66.7 Å². The average molecular weight is 489 g/mol. The quantitative estimate of drug-likeness (QED) is 0.509. The van der Waals surface area contributed by atoms with Gasteiger partial charge in [-0.2, -0.15) is 0 Å². The SMILES string of the molecule is Cc1cccc(CNC(=O)COc2ccc3c(c2)[C@@H](c2ccc(F)cc2)N(C(=O)C(C)(C)C)CC3)c1. The Morgan fingerprint density at radius 2 is 1.81 bits per heavy atom. The summed E-state index contributed by atoms with van der Waals surface area (Å²) in [5, 5.41) is 2.88. The number of rotatable bonds is 6. The standard InChI is InChI=1S/C30H33FN2O3/c1-20-6-5-7-21(16-20)18-32-27(34)19-36-25-13-10-22-14-15-33(29(35)30(2,3)4)28(26(22)17-25)23-8-11-24(31)12-9-23/h5-13,16-17,28H,14-15,18-19H2,1-4H3,(H,32,34)/t28-/m1/s1. The van der Waals surface area contributed by atoms with Crippen molar-refractivity contribution < 1.29 is 18.7 Å². The van der Waals surface area contributed by atoms with Gasteiger partial charge < -0.3 is 15.0 Å². The summed E-state index contributed by atoms with van der Waals surface area (Å²) in [6.45, 7) is 8.62. The highest BCUT2D eigenvalue weighted by atomic mass is 19.1. The van der Waals surface area contributed by atoms with E-state index in [-0.39, 0.29) is 30.3 Å². The predicted molar refractivity (Wildman–Crippen MR) is 138 cm³/mol. The summed E-state index contributed by atoms with van der Waals surface area (Å²) in [6.07, 6.45) is 0.714. The molecule has 1 aliphatic rings. The van der Waals surface area contributed by atoms with E-state index in [1.807, 2.05) is 75.1 Å². The highest BCUT2D eigenvalue weighted by Crippen LogP contribution is 2.39. The number of hydrogen-bond acceptors (Lipinski definition) is 3. The molecule has 0 aromatic heterocycles. The van der Waals surface area contributed by atoms with Crippen molar-refractivity contribution in [3.05, 3.63) is 100 Å². The second kappa shape index (κ2) is 10.5. The fraction of sp³-hybridized carbons (Fsp3) is 0.333. The molecule has 2 amide bonds. The molecular weight excluding hydrogens is 455 g/mol. The zero-order chi connectivity index (χ0) is 25.9. The largest absolute Gasteiger partial charge is 0.484 e. The number of ether oxygens (including phenoxy) is 1. The fourth-order valence-corrected chi connectivity index (χ4v) is 4.56. The number of hydrogen-bond donors (Lipinski definition) is 1. The van der Waals surface area contributed by atoms with E-state index in [2.05, 4.69) is 5.32 Å². The van der Waals surface area contributed by atoms with Crippen LogP contribution in [0.3, 0.4) is 0 Å². The van der Waals surface area contributed by atoms with Crippen molar-refractivity contribution in [2.24, 2.45) is 5.41 Å². The number of fused-ring (bicyclic) bond motifs is 1. The Morgan fingerprint density at radius 1 is 1.06 bits per heavy atom. The smallest absolute Gasteiger partial charge is 0.258 e. The Hall–Kier alpha value is -3.67. The number of aryl methyl sites for hydroxylation is 1. The van der Waals surface area contributed by atoms with Gasteiger partial charge in [0.05, 0.1) is 6.04 Å². The van der Waals surface area contributed by atoms with Crippen molar-refractivity contribution >= 4 is 11.8 Å². The Balaban J connectivity index is 1.53. The number of benzene rings is 3. The van der Waals surface area contributed by atoms with Gasteiger partial charge in [0, 0.05) is 18.5 Å². The third kappa shape index (κ3) is 5.93. The lowest BCUT2D eigenvalue weighted by Crippen LogP contribution is -2.45. The van der Waals surface area contributed by atoms with E-state index < -0.39 is 5.41 Å². The normalized spacial score (nSPS) is 15.2. The summed E-state index contributed by atoms with van der Waals surface area (Å²) in [7, 11) is 0. The van der Waals surface area contributed by atoms with Crippen LogP contribution in [-0.4, -0.2) is 29.9 Å². The van der Waals surface area contributed by atoms with Gasteiger partial charge in [-0.3, -0.25) is 9.59 Å². The van der Waals surface area contributed by atoms with Gasteiger partial charge in [0.1, 0.15) is 11.6 Å². The van der Waals surface area contributed by atoms with Crippen molar-refractivity contribution in [2.45, 2.75) is 46.7 Å². The van der Waals surface area contributed by atoms with E-state index in [1.54, 1.807) is 12.1 Å². The van der Waals surface area contributed by atoms with Gasteiger partial charge in [0.2, 0.25) is 5.91 Å². The number of amides is 2. The van der Waals surface area contributed by atoms with Crippen LogP contribution in [0.1, 0.15) is 54.6 Å². The minimum absolute atomic E-state index is 0.0318. The van der Waals surface area contributed by atoms with Gasteiger partial charge in [-0.1, -0.05) is 68.8 Å². The maximum absolute atomic E-state index is 13.7. The van der Waals surface area contributed by atoms with E-state index in [0.29, 0.717) is 25.3 Å². The van der Waals surface area contributed by atoms with E-state index >= 15 is 0 Å². The first-order chi connectivity index (χ1) is 17.1. The van der Waals surface area contributed by atoms with Crippen molar-refractivity contribution in [3.63, 3.8) is 0 Å². The maximum Gasteiger partial charge on any atom is 0.258 e. The van der Waals surface area contributed by atoms with Crippen LogP contribution in [0.2, 0.25) is 0 Å². The number of carbonyl (C=O) groups excluding carboxylic acids is 2. The fourth-order valence-electron chi connectivity index (χ4n) is 4.56. The Kier molecular flexibility index (Phi) is 7.43. The summed E-state index contributed by atoms with van der Waals surface area (Å²) >= 11 is 0. The average Bonchev–Trinajstić information content (AvgIpc) is 2.85.